The molecule has 108 valence electrons. The first-order valence-corrected chi connectivity index (χ1v) is 7.31. The van der Waals surface area contributed by atoms with Gasteiger partial charge in [0.15, 0.2) is 0 Å². The molecule has 2 aromatic rings. The minimum atomic E-state index is -0.959. The molecule has 0 fully saturated rings. The van der Waals surface area contributed by atoms with Crippen LogP contribution in [0.3, 0.4) is 0 Å². The molecule has 1 aromatic carbocycles. The molecule has 1 atom stereocenters. The lowest BCUT2D eigenvalue weighted by atomic mass is 9.97. The summed E-state index contributed by atoms with van der Waals surface area (Å²) in [6.45, 7) is 3.99. The van der Waals surface area contributed by atoms with E-state index in [9.17, 15) is 5.11 Å². The lowest BCUT2D eigenvalue weighted by Gasteiger charge is -2.15. The Morgan fingerprint density at radius 1 is 1.20 bits per heavy atom. The van der Waals surface area contributed by atoms with E-state index in [1.807, 2.05) is 13.8 Å². The molecule has 1 N–H and O–H groups in total. The summed E-state index contributed by atoms with van der Waals surface area (Å²) < 4.78 is 1.55. The van der Waals surface area contributed by atoms with E-state index in [2.05, 4.69) is 5.10 Å². The zero-order valence-corrected chi connectivity index (χ0v) is 13.6. The zero-order valence-electron chi connectivity index (χ0n) is 11.4. The Labute approximate surface area is 133 Å². The molecular weight excluding hydrogens is 319 g/mol. The van der Waals surface area contributed by atoms with Crippen LogP contribution in [0.5, 0.6) is 0 Å². The minimum Gasteiger partial charge on any atom is -0.383 e. The molecule has 0 amide bonds. The van der Waals surface area contributed by atoms with E-state index >= 15 is 0 Å². The maximum atomic E-state index is 10.6. The standard InChI is InChI=1S/C14H15Cl3N2O/c1-7(2)12-11(14(17)19(3)18-12)13(20)9-6-8(15)4-5-10(9)16/h4-7,13,20H,1-3H3. The summed E-state index contributed by atoms with van der Waals surface area (Å²) in [5, 5.41) is 16.3. The monoisotopic (exact) mass is 332 g/mol. The van der Waals surface area contributed by atoms with Gasteiger partial charge in [0.1, 0.15) is 11.3 Å². The lowest BCUT2D eigenvalue weighted by Crippen LogP contribution is -2.05. The molecule has 0 saturated carbocycles. The maximum absolute atomic E-state index is 10.6. The van der Waals surface area contributed by atoms with Crippen molar-refractivity contribution in [2.75, 3.05) is 0 Å². The molecule has 3 nitrogen and oxygen atoms in total. The molecular formula is C14H15Cl3N2O. The van der Waals surface area contributed by atoms with E-state index in [0.717, 1.165) is 5.69 Å². The SMILES string of the molecule is CC(C)c1nn(C)c(Cl)c1C(O)c1cc(Cl)ccc1Cl. The topological polar surface area (TPSA) is 38.0 Å². The summed E-state index contributed by atoms with van der Waals surface area (Å²) in [5.74, 6) is 0.135. The number of aliphatic hydroxyl groups is 1. The van der Waals surface area contributed by atoms with Crippen molar-refractivity contribution in [1.29, 1.82) is 0 Å². The van der Waals surface area contributed by atoms with Crippen LogP contribution in [0.25, 0.3) is 0 Å². The number of hydrogen-bond acceptors (Lipinski definition) is 2. The van der Waals surface area contributed by atoms with Crippen LogP contribution >= 0.6 is 34.8 Å². The van der Waals surface area contributed by atoms with Gasteiger partial charge in [0.2, 0.25) is 0 Å². The maximum Gasteiger partial charge on any atom is 0.133 e. The van der Waals surface area contributed by atoms with Crippen LogP contribution in [0, 0.1) is 0 Å². The highest BCUT2D eigenvalue weighted by atomic mass is 35.5. The van der Waals surface area contributed by atoms with Gasteiger partial charge in [0.25, 0.3) is 0 Å². The molecule has 0 aliphatic rings. The molecule has 1 unspecified atom stereocenters. The predicted octanol–water partition coefficient (Wildman–Crippen LogP) is 4.59. The summed E-state index contributed by atoms with van der Waals surface area (Å²) in [6, 6.07) is 4.97. The van der Waals surface area contributed by atoms with Crippen LogP contribution < -0.4 is 0 Å². The number of aryl methyl sites for hydroxylation is 1. The summed E-state index contributed by atoms with van der Waals surface area (Å²) in [5.41, 5.74) is 1.85. The van der Waals surface area contributed by atoms with Gasteiger partial charge in [-0.1, -0.05) is 48.7 Å². The molecule has 0 aliphatic carbocycles. The fraction of sp³-hybridized carbons (Fsp3) is 0.357. The molecule has 6 heteroatoms. The second kappa shape index (κ2) is 5.94. The Kier molecular flexibility index (Phi) is 4.65. The molecule has 0 bridgehead atoms. The molecule has 0 aliphatic heterocycles. The second-order valence-electron chi connectivity index (χ2n) is 4.94. The van der Waals surface area contributed by atoms with Crippen molar-refractivity contribution in [1.82, 2.24) is 9.78 Å². The minimum absolute atomic E-state index is 0.135. The van der Waals surface area contributed by atoms with E-state index in [1.54, 1.807) is 29.9 Å². The first-order valence-electron chi connectivity index (χ1n) is 6.18. The van der Waals surface area contributed by atoms with Gasteiger partial charge in [-0.15, -0.1) is 0 Å². The molecule has 0 radical (unpaired) electrons. The van der Waals surface area contributed by atoms with Crippen molar-refractivity contribution in [3.63, 3.8) is 0 Å². The molecule has 0 spiro atoms. The fourth-order valence-corrected chi connectivity index (χ4v) is 2.74. The zero-order chi connectivity index (χ0) is 15.0. The number of benzene rings is 1. The van der Waals surface area contributed by atoms with Crippen LogP contribution in [0.15, 0.2) is 18.2 Å². The van der Waals surface area contributed by atoms with E-state index in [4.69, 9.17) is 34.8 Å². The molecule has 20 heavy (non-hydrogen) atoms. The summed E-state index contributed by atoms with van der Waals surface area (Å²) in [6.07, 6.45) is -0.959. The van der Waals surface area contributed by atoms with E-state index in [-0.39, 0.29) is 5.92 Å². The van der Waals surface area contributed by atoms with Crippen LogP contribution in [0.2, 0.25) is 15.2 Å². The van der Waals surface area contributed by atoms with E-state index in [0.29, 0.717) is 26.3 Å². The number of aliphatic hydroxyl groups excluding tert-OH is 1. The Morgan fingerprint density at radius 2 is 1.85 bits per heavy atom. The Morgan fingerprint density at radius 3 is 2.45 bits per heavy atom. The third-order valence-electron chi connectivity index (χ3n) is 3.11. The van der Waals surface area contributed by atoms with Gasteiger partial charge in [-0.3, -0.25) is 4.68 Å². The first-order chi connectivity index (χ1) is 9.32. The van der Waals surface area contributed by atoms with Crippen molar-refractivity contribution in [3.05, 3.63) is 50.2 Å². The third-order valence-corrected chi connectivity index (χ3v) is 4.14. The van der Waals surface area contributed by atoms with Gasteiger partial charge < -0.3 is 5.11 Å². The molecule has 2 rings (SSSR count). The van der Waals surface area contributed by atoms with Crippen molar-refractivity contribution >= 4 is 34.8 Å². The van der Waals surface area contributed by atoms with E-state index in [1.165, 1.54) is 0 Å². The van der Waals surface area contributed by atoms with Gasteiger partial charge in [-0.25, -0.2) is 0 Å². The van der Waals surface area contributed by atoms with Crippen LogP contribution in [-0.2, 0) is 7.05 Å². The quantitative estimate of drug-likeness (QED) is 0.892. The number of nitrogens with zero attached hydrogens (tertiary/aromatic N) is 2. The van der Waals surface area contributed by atoms with Gasteiger partial charge >= 0.3 is 0 Å². The van der Waals surface area contributed by atoms with Crippen molar-refractivity contribution in [2.45, 2.75) is 25.9 Å². The van der Waals surface area contributed by atoms with Gasteiger partial charge in [0.05, 0.1) is 5.69 Å². The smallest absolute Gasteiger partial charge is 0.133 e. The summed E-state index contributed by atoms with van der Waals surface area (Å²) >= 11 is 18.4. The Balaban J connectivity index is 2.58. The first kappa shape index (κ1) is 15.6. The summed E-state index contributed by atoms with van der Waals surface area (Å²) in [7, 11) is 1.74. The van der Waals surface area contributed by atoms with Crippen LogP contribution in [0.1, 0.15) is 42.7 Å². The lowest BCUT2D eigenvalue weighted by molar-refractivity contribution is 0.219. The highest BCUT2D eigenvalue weighted by Crippen LogP contribution is 2.37. The average Bonchev–Trinajstić information content (AvgIpc) is 2.68. The second-order valence-corrected chi connectivity index (χ2v) is 6.14. The Hall–Kier alpha value is -0.740. The number of aromatic nitrogens is 2. The largest absolute Gasteiger partial charge is 0.383 e. The number of halogens is 3. The fourth-order valence-electron chi connectivity index (χ4n) is 2.10. The summed E-state index contributed by atoms with van der Waals surface area (Å²) in [4.78, 5) is 0. The van der Waals surface area contributed by atoms with Gasteiger partial charge in [0, 0.05) is 28.2 Å². The molecule has 1 heterocycles. The normalized spacial score (nSPS) is 13.0. The van der Waals surface area contributed by atoms with E-state index < -0.39 is 6.10 Å². The van der Waals surface area contributed by atoms with Crippen LogP contribution in [-0.4, -0.2) is 14.9 Å². The highest BCUT2D eigenvalue weighted by Gasteiger charge is 2.26. The third kappa shape index (κ3) is 2.82. The highest BCUT2D eigenvalue weighted by molar-refractivity contribution is 6.33. The predicted molar refractivity (Wildman–Crippen MR) is 82.8 cm³/mol. The molecule has 0 saturated heterocycles. The van der Waals surface area contributed by atoms with Crippen molar-refractivity contribution in [2.24, 2.45) is 7.05 Å². The number of rotatable bonds is 3. The molecule has 1 aromatic heterocycles. The van der Waals surface area contributed by atoms with Gasteiger partial charge in [-0.2, -0.15) is 5.10 Å². The average molecular weight is 334 g/mol. The number of hydrogen-bond donors (Lipinski definition) is 1. The van der Waals surface area contributed by atoms with Crippen molar-refractivity contribution in [3.8, 4) is 0 Å². The van der Waals surface area contributed by atoms with Crippen LogP contribution in [0.4, 0.5) is 0 Å². The van der Waals surface area contributed by atoms with Gasteiger partial charge in [-0.05, 0) is 24.1 Å². The Bertz CT molecular complexity index is 638. The van der Waals surface area contributed by atoms with Crippen molar-refractivity contribution < 1.29 is 5.11 Å².